The van der Waals surface area contributed by atoms with Crippen molar-refractivity contribution in [1.29, 1.82) is 0 Å². The molecule has 0 aliphatic carbocycles. The second-order valence-electron chi connectivity index (χ2n) is 22.3. The average molecular weight is 1590 g/mol. The first-order valence-corrected chi connectivity index (χ1v) is 34.5. The van der Waals surface area contributed by atoms with Gasteiger partial charge in [-0.25, -0.2) is 9.59 Å². The summed E-state index contributed by atoms with van der Waals surface area (Å²) in [7, 11) is 0. The topological polar surface area (TPSA) is 553 Å². The van der Waals surface area contributed by atoms with Crippen LogP contribution in [0.1, 0.15) is 126 Å². The number of ether oxygens (including phenoxy) is 13. The summed E-state index contributed by atoms with van der Waals surface area (Å²) in [5, 5.41) is 41.8. The van der Waals surface area contributed by atoms with Gasteiger partial charge in [0.05, 0.1) is 66.1 Å². The Morgan fingerprint density at radius 1 is 0.268 bits per heavy atom. The van der Waals surface area contributed by atoms with Gasteiger partial charge in [0.1, 0.15) is 98.0 Å². The Balaban J connectivity index is 0.000000744. The Kier molecular flexibility index (Phi) is 55.4. The van der Waals surface area contributed by atoms with E-state index in [0.29, 0.717) is 42.8 Å². The molecular weight excluding hydrogens is 1500 g/mol. The van der Waals surface area contributed by atoms with E-state index in [4.69, 9.17) is 72.9 Å². The van der Waals surface area contributed by atoms with E-state index in [1.807, 2.05) is 66.7 Å². The zero-order valence-electron chi connectivity index (χ0n) is 61.2. The molecule has 618 valence electrons. The van der Waals surface area contributed by atoms with E-state index in [9.17, 15) is 86.3 Å². The monoisotopic (exact) mass is 1590 g/mol. The Bertz CT molecular complexity index is 3200. The molecule has 4 amide bonds. The fourth-order valence-electron chi connectivity index (χ4n) is 7.90. The van der Waals surface area contributed by atoms with Gasteiger partial charge >= 0.3 is 83.6 Å². The van der Waals surface area contributed by atoms with E-state index in [1.165, 1.54) is 0 Å². The number of hydroxylamine groups is 4. The summed E-state index contributed by atoms with van der Waals surface area (Å²) < 4.78 is 63.1. The smallest absolute Gasteiger partial charge is 0.344 e. The van der Waals surface area contributed by atoms with Gasteiger partial charge in [0.25, 0.3) is 23.6 Å². The molecule has 0 spiro atoms. The second-order valence-corrected chi connectivity index (χ2v) is 22.3. The lowest BCUT2D eigenvalue weighted by Crippen LogP contribution is -2.33. The van der Waals surface area contributed by atoms with Gasteiger partial charge in [0, 0.05) is 38.5 Å². The molecular formula is C72H92N2O38. The molecule has 5 N–H and O–H groups in total. The summed E-state index contributed by atoms with van der Waals surface area (Å²) in [5.41, 5.74) is 2.63. The molecule has 3 aromatic carbocycles. The van der Waals surface area contributed by atoms with Gasteiger partial charge < -0.3 is 96.8 Å². The third kappa shape index (κ3) is 55.6. The largest absolute Gasteiger partial charge is 0.481 e. The maximum Gasteiger partial charge on any atom is 0.344 e. The zero-order valence-corrected chi connectivity index (χ0v) is 61.2. The number of esters is 9. The first kappa shape index (κ1) is 98.3. The minimum absolute atomic E-state index is 0.0157. The van der Waals surface area contributed by atoms with Crippen molar-refractivity contribution in [2.24, 2.45) is 0 Å². The quantitative estimate of drug-likeness (QED) is 0.0177. The molecule has 0 unspecified atom stereocenters. The van der Waals surface area contributed by atoms with Crippen LogP contribution in [-0.4, -0.2) is 249 Å². The van der Waals surface area contributed by atoms with E-state index >= 15 is 0 Å². The minimum atomic E-state index is -1.28. The molecule has 112 heavy (non-hydrogen) atoms. The van der Waals surface area contributed by atoms with Crippen molar-refractivity contribution in [2.45, 2.75) is 129 Å². The van der Waals surface area contributed by atoms with Crippen LogP contribution in [0.4, 0.5) is 0 Å². The molecule has 40 heteroatoms. The summed E-state index contributed by atoms with van der Waals surface area (Å²) in [6.45, 7) is 0.271. The maximum atomic E-state index is 11.6. The highest BCUT2D eigenvalue weighted by Crippen LogP contribution is 2.15. The fourth-order valence-corrected chi connectivity index (χ4v) is 7.90. The van der Waals surface area contributed by atoms with Crippen LogP contribution in [0.25, 0.3) is 0 Å². The predicted molar refractivity (Wildman–Crippen MR) is 369 cm³/mol. The normalized spacial score (nSPS) is 11.7. The van der Waals surface area contributed by atoms with Crippen LogP contribution in [0, 0.1) is 0 Å². The molecule has 2 heterocycles. The molecule has 0 aromatic heterocycles. The van der Waals surface area contributed by atoms with Gasteiger partial charge in [0.15, 0.2) is 0 Å². The van der Waals surface area contributed by atoms with Crippen molar-refractivity contribution in [1.82, 2.24) is 10.1 Å². The first-order chi connectivity index (χ1) is 53.7. The number of carboxylic acids is 3. The van der Waals surface area contributed by atoms with Crippen molar-refractivity contribution in [3.8, 4) is 0 Å². The van der Waals surface area contributed by atoms with Crippen LogP contribution in [0.2, 0.25) is 0 Å². The molecule has 0 saturated carbocycles. The third-order valence-corrected chi connectivity index (χ3v) is 13.1. The highest BCUT2D eigenvalue weighted by Gasteiger charge is 2.35. The van der Waals surface area contributed by atoms with Crippen molar-refractivity contribution in [2.75, 3.05) is 106 Å². The van der Waals surface area contributed by atoms with Gasteiger partial charge in [-0.2, -0.15) is 0 Å². The molecule has 2 saturated heterocycles. The Morgan fingerprint density at radius 3 is 0.786 bits per heavy atom. The molecule has 40 nitrogen and oxygen atoms in total. The van der Waals surface area contributed by atoms with Crippen LogP contribution in [0.5, 0.6) is 0 Å². The summed E-state index contributed by atoms with van der Waals surface area (Å²) in [4.78, 5) is 210. The van der Waals surface area contributed by atoms with Gasteiger partial charge in [-0.3, -0.25) is 76.7 Å². The lowest BCUT2D eigenvalue weighted by atomic mass is 10.1. The number of aliphatic carboxylic acids is 3. The van der Waals surface area contributed by atoms with E-state index in [2.05, 4.69) is 23.9 Å². The molecule has 0 atom stereocenters. The number of aliphatic hydroxyl groups is 2. The third-order valence-electron chi connectivity index (χ3n) is 13.1. The van der Waals surface area contributed by atoms with E-state index in [-0.39, 0.29) is 144 Å². The van der Waals surface area contributed by atoms with Crippen molar-refractivity contribution >= 4 is 107 Å². The van der Waals surface area contributed by atoms with E-state index in [0.717, 1.165) is 42.4 Å². The minimum Gasteiger partial charge on any atom is -0.481 e. The number of benzene rings is 3. The van der Waals surface area contributed by atoms with E-state index < -0.39 is 140 Å². The van der Waals surface area contributed by atoms with Crippen molar-refractivity contribution < 1.29 is 183 Å². The Hall–Kier alpha value is -11.7. The number of nitrogens with zero attached hydrogens (tertiary/aromatic N) is 2. The number of carboxylic acid groups (broad SMARTS) is 3. The van der Waals surface area contributed by atoms with Crippen LogP contribution < -0.4 is 0 Å². The molecule has 0 bridgehead atoms. The summed E-state index contributed by atoms with van der Waals surface area (Å²) in [5.74, 6) is -14.9. The number of imide groups is 2. The standard InChI is InChI=1S/C24H26O9.C18H20N2O13.C16H22O4.C10H14O9.C4H10O3/c25-21(15-23(27)32-17-19-7-3-1-4-8-19)30-13-11-29-12-14-31-22(26)16-24(28)33-18-20-9-5-2-6-10-20;21-11-1-2-12(22)19(11)32-17(27)9-15(25)30-7-5-29-6-8-31-16(26)10-18(28)33-20-13(23)3-4-14(20)24;17-15(18)11-7-2-1-3-8-12-16(19)20-13-14-9-5-4-6-10-14;11-7(12)5-9(15)18-3-1-17-2-4-19-10(16)6-8(13)14;5-1-3-7-4-2-6/h1-10H,11-18H2;1-10H2;4-6,9-10H,1-3,7-8,11-13H2,(H,17,18);1-6H2,(H,11,12)(H,13,14);5-6H,1-4H2. The second kappa shape index (κ2) is 63.1. The summed E-state index contributed by atoms with van der Waals surface area (Å²) in [6, 6.07) is 27.8. The number of carbonyl (C=O) groups excluding carboxylic acids is 15. The molecule has 3 aromatic rings. The van der Waals surface area contributed by atoms with Crippen molar-refractivity contribution in [3.63, 3.8) is 0 Å². The van der Waals surface area contributed by atoms with Gasteiger partial charge in [-0.1, -0.05) is 110 Å². The number of amides is 4. The molecule has 0 radical (unpaired) electrons. The number of hydrogen-bond donors (Lipinski definition) is 5. The predicted octanol–water partition coefficient (Wildman–Crippen LogP) is 2.01. The Morgan fingerprint density at radius 2 is 0.509 bits per heavy atom. The average Bonchev–Trinajstić information content (AvgIpc) is 1.73. The number of unbranched alkanes of at least 4 members (excludes halogenated alkanes) is 4. The van der Waals surface area contributed by atoms with Crippen molar-refractivity contribution in [3.05, 3.63) is 108 Å². The highest BCUT2D eigenvalue weighted by molar-refractivity contribution is 6.03. The van der Waals surface area contributed by atoms with Crippen LogP contribution in [0.3, 0.4) is 0 Å². The van der Waals surface area contributed by atoms with E-state index in [1.54, 1.807) is 24.3 Å². The Labute approximate surface area is 640 Å². The SMILES string of the molecule is O=C(CC(=O)OCc1ccccc1)OCCOCCOC(=O)CC(=O)OCc1ccccc1.O=C(CC(=O)ON1C(=O)CCC1=O)OCCOCCOC(=O)CC(=O)ON1C(=O)CCC1=O.O=C(O)CC(=O)OCCOCCOC(=O)CC(=O)O.O=C(O)CCCCCCCC(=O)OCc1ccccc1.OCCOCCO. The van der Waals surface area contributed by atoms with Gasteiger partial charge in [-0.15, -0.1) is 10.1 Å². The highest BCUT2D eigenvalue weighted by atomic mass is 16.7. The molecule has 2 aliphatic rings. The van der Waals surface area contributed by atoms with Crippen LogP contribution in [-0.2, 0) is 177 Å². The van der Waals surface area contributed by atoms with Gasteiger partial charge in [0.2, 0.25) is 0 Å². The van der Waals surface area contributed by atoms with Crippen LogP contribution >= 0.6 is 0 Å². The number of hydrogen-bond acceptors (Lipinski definition) is 35. The lowest BCUT2D eigenvalue weighted by Gasteiger charge is -2.12. The maximum absolute atomic E-state index is 11.6. The van der Waals surface area contributed by atoms with Crippen LogP contribution in [0.15, 0.2) is 91.0 Å². The number of aliphatic hydroxyl groups excluding tert-OH is 2. The lowest BCUT2D eigenvalue weighted by molar-refractivity contribution is -0.198. The fraction of sp³-hybridized carbons (Fsp3) is 0.500. The first-order valence-electron chi connectivity index (χ1n) is 34.5. The zero-order chi connectivity index (χ0) is 82.9. The summed E-state index contributed by atoms with van der Waals surface area (Å²) >= 11 is 0. The molecule has 5 rings (SSSR count). The van der Waals surface area contributed by atoms with Gasteiger partial charge in [-0.05, 0) is 29.5 Å². The molecule has 2 aliphatic heterocycles. The summed E-state index contributed by atoms with van der Waals surface area (Å²) in [6.07, 6.45) is 0.654. The number of rotatable bonds is 50. The number of carbonyl (C=O) groups is 18. The molecule has 2 fully saturated rings.